The van der Waals surface area contributed by atoms with E-state index in [1.807, 2.05) is 0 Å². The molecule has 2 aliphatic rings. The molecule has 0 aliphatic carbocycles. The van der Waals surface area contributed by atoms with Gasteiger partial charge in [-0.25, -0.2) is 9.18 Å². The molecule has 0 spiro atoms. The molecule has 0 radical (unpaired) electrons. The highest BCUT2D eigenvalue weighted by molar-refractivity contribution is 5.67. The lowest BCUT2D eigenvalue weighted by Gasteiger charge is -2.20. The minimum atomic E-state index is -4.89. The predicted octanol–water partition coefficient (Wildman–Crippen LogP) is 3.29. The number of carbonyl (C=O) groups is 1. The highest BCUT2D eigenvalue weighted by atomic mass is 19.4. The molecule has 1 aromatic rings. The Morgan fingerprint density at radius 2 is 1.85 bits per heavy atom. The quantitative estimate of drug-likeness (QED) is 0.823. The monoisotopic (exact) mass is 376 g/mol. The average molecular weight is 376 g/mol. The number of carbonyl (C=O) groups excluding carboxylic acids is 1. The first-order chi connectivity index (χ1) is 12.3. The Bertz CT molecular complexity index is 639. The van der Waals surface area contributed by atoms with Gasteiger partial charge >= 0.3 is 12.5 Å². The largest absolute Gasteiger partial charge is 0.573 e. The Morgan fingerprint density at radius 1 is 1.19 bits per heavy atom. The molecular weight excluding hydrogens is 356 g/mol. The van der Waals surface area contributed by atoms with E-state index >= 15 is 0 Å². The fraction of sp³-hybridized carbons (Fsp3) is 0.588. The number of rotatable bonds is 3. The summed E-state index contributed by atoms with van der Waals surface area (Å²) < 4.78 is 59.0. The van der Waals surface area contributed by atoms with Gasteiger partial charge in [0.2, 0.25) is 0 Å². The first-order valence-corrected chi connectivity index (χ1v) is 8.48. The number of fused-ring (bicyclic) bond motifs is 1. The van der Waals surface area contributed by atoms with Crippen LogP contribution < -0.4 is 10.1 Å². The fourth-order valence-corrected chi connectivity index (χ4v) is 3.47. The van der Waals surface area contributed by atoms with Crippen LogP contribution >= 0.6 is 0 Å². The summed E-state index contributed by atoms with van der Waals surface area (Å²) in [5.41, 5.74) is -0.0104. The SMILES string of the molecule is O=C(OCc1ccc(OC(F)(F)F)cc1F)N1CC[C@@H]2CNC[C@@H]2CC1. The number of benzene rings is 1. The molecule has 2 fully saturated rings. The van der Waals surface area contributed by atoms with Crippen molar-refractivity contribution in [1.82, 2.24) is 10.2 Å². The van der Waals surface area contributed by atoms with Gasteiger partial charge in [-0.1, -0.05) is 0 Å². The number of nitrogens with one attached hydrogen (secondary N) is 1. The first-order valence-electron chi connectivity index (χ1n) is 8.48. The normalized spacial score (nSPS) is 23.3. The van der Waals surface area contributed by atoms with Crippen molar-refractivity contribution >= 4 is 6.09 Å². The molecule has 0 saturated carbocycles. The molecule has 1 amide bonds. The summed E-state index contributed by atoms with van der Waals surface area (Å²) in [5.74, 6) is -0.452. The van der Waals surface area contributed by atoms with Crippen LogP contribution in [0.15, 0.2) is 18.2 Å². The van der Waals surface area contributed by atoms with Crippen molar-refractivity contribution in [3.8, 4) is 5.75 Å². The second-order valence-corrected chi connectivity index (χ2v) is 6.60. The summed E-state index contributed by atoms with van der Waals surface area (Å²) in [6.45, 7) is 2.75. The molecule has 0 bridgehead atoms. The van der Waals surface area contributed by atoms with E-state index in [0.29, 0.717) is 31.0 Å². The highest BCUT2D eigenvalue weighted by Crippen LogP contribution is 2.28. The van der Waals surface area contributed by atoms with Crippen molar-refractivity contribution in [1.29, 1.82) is 0 Å². The molecule has 26 heavy (non-hydrogen) atoms. The zero-order chi connectivity index (χ0) is 18.7. The van der Waals surface area contributed by atoms with Crippen LogP contribution in [0.5, 0.6) is 5.75 Å². The van der Waals surface area contributed by atoms with E-state index in [1.54, 1.807) is 4.90 Å². The Morgan fingerprint density at radius 3 is 2.42 bits per heavy atom. The van der Waals surface area contributed by atoms with Gasteiger partial charge in [0.05, 0.1) is 0 Å². The van der Waals surface area contributed by atoms with Gasteiger partial charge in [-0.15, -0.1) is 13.2 Å². The van der Waals surface area contributed by atoms with Crippen molar-refractivity contribution in [3.05, 3.63) is 29.6 Å². The van der Waals surface area contributed by atoms with Crippen LogP contribution in [-0.4, -0.2) is 43.5 Å². The lowest BCUT2D eigenvalue weighted by Crippen LogP contribution is -2.33. The van der Waals surface area contributed by atoms with Gasteiger partial charge in [0, 0.05) is 24.7 Å². The number of nitrogens with zero attached hydrogens (tertiary/aromatic N) is 1. The molecule has 5 nitrogen and oxygen atoms in total. The third kappa shape index (κ3) is 4.78. The molecule has 9 heteroatoms. The van der Waals surface area contributed by atoms with Crippen molar-refractivity contribution < 1.29 is 31.8 Å². The van der Waals surface area contributed by atoms with Gasteiger partial charge in [-0.2, -0.15) is 0 Å². The Kier molecular flexibility index (Phi) is 5.55. The molecule has 1 N–H and O–H groups in total. The molecule has 2 atom stereocenters. The van der Waals surface area contributed by atoms with Crippen LogP contribution in [0.1, 0.15) is 18.4 Å². The van der Waals surface area contributed by atoms with E-state index < -0.39 is 24.0 Å². The van der Waals surface area contributed by atoms with E-state index in [1.165, 1.54) is 0 Å². The zero-order valence-electron chi connectivity index (χ0n) is 14.0. The van der Waals surface area contributed by atoms with E-state index in [-0.39, 0.29) is 12.2 Å². The highest BCUT2D eigenvalue weighted by Gasteiger charge is 2.32. The molecule has 2 heterocycles. The third-order valence-corrected chi connectivity index (χ3v) is 4.89. The van der Waals surface area contributed by atoms with Crippen LogP contribution in [0, 0.1) is 17.7 Å². The molecule has 2 saturated heterocycles. The Balaban J connectivity index is 1.52. The molecule has 2 aliphatic heterocycles. The van der Waals surface area contributed by atoms with Crippen LogP contribution in [0.3, 0.4) is 0 Å². The zero-order valence-corrected chi connectivity index (χ0v) is 14.0. The molecular formula is C17H20F4N2O3. The van der Waals surface area contributed by atoms with Gasteiger partial charge in [-0.3, -0.25) is 0 Å². The fourth-order valence-electron chi connectivity index (χ4n) is 3.47. The number of ether oxygens (including phenoxy) is 2. The third-order valence-electron chi connectivity index (χ3n) is 4.89. The van der Waals surface area contributed by atoms with Crippen LogP contribution in [0.2, 0.25) is 0 Å². The van der Waals surface area contributed by atoms with E-state index in [0.717, 1.165) is 38.1 Å². The summed E-state index contributed by atoms with van der Waals surface area (Å²) in [5, 5.41) is 3.35. The van der Waals surface area contributed by atoms with Crippen molar-refractivity contribution in [2.75, 3.05) is 26.2 Å². The van der Waals surface area contributed by atoms with E-state index in [4.69, 9.17) is 4.74 Å². The van der Waals surface area contributed by atoms with Gasteiger partial charge in [-0.05, 0) is 49.9 Å². The standard InChI is InChI=1S/C17H20F4N2O3/c18-15-7-14(26-17(19,20)21)2-1-13(15)10-25-16(24)23-5-3-11-8-22-9-12(11)4-6-23/h1-2,7,11-12,22H,3-6,8-10H2/t11-,12+. The Hall–Kier alpha value is -2.03. The molecule has 0 unspecified atom stereocenters. The summed E-state index contributed by atoms with van der Waals surface area (Å²) >= 11 is 0. The number of hydrogen-bond acceptors (Lipinski definition) is 4. The van der Waals surface area contributed by atoms with Crippen LogP contribution in [-0.2, 0) is 11.3 Å². The molecule has 0 aromatic heterocycles. The van der Waals surface area contributed by atoms with Gasteiger partial charge in [0.15, 0.2) is 0 Å². The number of amides is 1. The predicted molar refractivity (Wildman–Crippen MR) is 83.9 cm³/mol. The second kappa shape index (κ2) is 7.69. The maximum Gasteiger partial charge on any atom is 0.573 e. The smallest absolute Gasteiger partial charge is 0.444 e. The van der Waals surface area contributed by atoms with E-state index in [2.05, 4.69) is 10.1 Å². The minimum Gasteiger partial charge on any atom is -0.444 e. The van der Waals surface area contributed by atoms with Gasteiger partial charge < -0.3 is 19.7 Å². The Labute approximate surface area is 148 Å². The van der Waals surface area contributed by atoms with Crippen molar-refractivity contribution in [2.45, 2.75) is 25.8 Å². The van der Waals surface area contributed by atoms with Crippen molar-refractivity contribution in [3.63, 3.8) is 0 Å². The number of hydrogen-bond donors (Lipinski definition) is 1. The summed E-state index contributed by atoms with van der Waals surface area (Å²) in [7, 11) is 0. The maximum atomic E-state index is 13.9. The van der Waals surface area contributed by atoms with Gasteiger partial charge in [0.1, 0.15) is 18.2 Å². The number of likely N-dealkylation sites (tertiary alicyclic amines) is 1. The number of alkyl halides is 3. The summed E-state index contributed by atoms with van der Waals surface area (Å²) in [4.78, 5) is 13.8. The lowest BCUT2D eigenvalue weighted by atomic mass is 9.92. The minimum absolute atomic E-state index is 0.0104. The molecule has 1 aromatic carbocycles. The van der Waals surface area contributed by atoms with Crippen LogP contribution in [0.25, 0.3) is 0 Å². The van der Waals surface area contributed by atoms with Crippen LogP contribution in [0.4, 0.5) is 22.4 Å². The molecule has 144 valence electrons. The van der Waals surface area contributed by atoms with Gasteiger partial charge in [0.25, 0.3) is 0 Å². The maximum absolute atomic E-state index is 13.9. The van der Waals surface area contributed by atoms with Crippen molar-refractivity contribution in [2.24, 2.45) is 11.8 Å². The summed E-state index contributed by atoms with van der Waals surface area (Å²) in [6.07, 6.45) is -3.64. The van der Waals surface area contributed by atoms with E-state index in [9.17, 15) is 22.4 Å². The second-order valence-electron chi connectivity index (χ2n) is 6.60. The molecule has 3 rings (SSSR count). The summed E-state index contributed by atoms with van der Waals surface area (Å²) in [6, 6.07) is 2.72. The lowest BCUT2D eigenvalue weighted by molar-refractivity contribution is -0.274. The number of halogens is 4. The topological polar surface area (TPSA) is 50.8 Å². The first kappa shape index (κ1) is 18.8. The average Bonchev–Trinajstić information content (AvgIpc) is 2.91.